The minimum atomic E-state index is -0.236. The molecule has 0 saturated heterocycles. The second-order valence-electron chi connectivity index (χ2n) is 4.21. The Morgan fingerprint density at radius 1 is 1.00 bits per heavy atom. The normalized spacial score (nSPS) is 10.3. The average Bonchev–Trinajstić information content (AvgIpc) is 2.22. The predicted octanol–water partition coefficient (Wildman–Crippen LogP) is 3.77. The maximum Gasteiger partial charge on any atom is 0.125 e. The predicted molar refractivity (Wildman–Crippen MR) is 70.0 cm³/mol. The van der Waals surface area contributed by atoms with Crippen LogP contribution in [0.5, 0.6) is 0 Å². The van der Waals surface area contributed by atoms with Crippen molar-refractivity contribution in [3.63, 3.8) is 0 Å². The number of rotatable bonds is 2. The summed E-state index contributed by atoms with van der Waals surface area (Å²) in [5.74, 6) is -0.236. The van der Waals surface area contributed by atoms with E-state index in [0.29, 0.717) is 0 Å². The first-order chi connectivity index (χ1) is 8.04. The van der Waals surface area contributed by atoms with E-state index in [1.54, 1.807) is 0 Å². The Morgan fingerprint density at radius 3 is 2.41 bits per heavy atom. The molecule has 17 heavy (non-hydrogen) atoms. The summed E-state index contributed by atoms with van der Waals surface area (Å²) in [6.45, 7) is 3.81. The van der Waals surface area contributed by atoms with Crippen LogP contribution in [0.1, 0.15) is 11.1 Å². The zero-order chi connectivity index (χ0) is 12.4. The first-order valence-corrected chi connectivity index (χ1v) is 5.45. The molecule has 0 fully saturated rings. The highest BCUT2D eigenvalue weighted by Gasteiger charge is 2.00. The number of hydrogen-bond donors (Lipinski definition) is 2. The molecular formula is C14H15FN2. The van der Waals surface area contributed by atoms with Crippen LogP contribution in [-0.4, -0.2) is 0 Å². The minimum Gasteiger partial charge on any atom is -0.399 e. The van der Waals surface area contributed by atoms with E-state index in [0.717, 1.165) is 28.2 Å². The van der Waals surface area contributed by atoms with Crippen LogP contribution in [0, 0.1) is 19.7 Å². The number of nitrogens with one attached hydrogen (secondary N) is 1. The fourth-order valence-corrected chi connectivity index (χ4v) is 1.73. The highest BCUT2D eigenvalue weighted by atomic mass is 19.1. The Labute approximate surface area is 100 Å². The van der Waals surface area contributed by atoms with E-state index in [4.69, 9.17) is 5.73 Å². The van der Waals surface area contributed by atoms with E-state index in [1.165, 1.54) is 12.1 Å². The Morgan fingerprint density at radius 2 is 1.76 bits per heavy atom. The molecule has 0 atom stereocenters. The average molecular weight is 230 g/mol. The molecule has 0 aromatic heterocycles. The lowest BCUT2D eigenvalue weighted by Crippen LogP contribution is -1.95. The molecule has 2 nitrogen and oxygen atoms in total. The smallest absolute Gasteiger partial charge is 0.125 e. The lowest BCUT2D eigenvalue weighted by atomic mass is 10.1. The van der Waals surface area contributed by atoms with E-state index < -0.39 is 0 Å². The van der Waals surface area contributed by atoms with Gasteiger partial charge < -0.3 is 11.1 Å². The number of halogens is 1. The van der Waals surface area contributed by atoms with E-state index >= 15 is 0 Å². The molecule has 0 saturated carbocycles. The van der Waals surface area contributed by atoms with Crippen molar-refractivity contribution in [2.75, 3.05) is 11.1 Å². The van der Waals surface area contributed by atoms with Crippen molar-refractivity contribution in [1.29, 1.82) is 0 Å². The Kier molecular flexibility index (Phi) is 3.00. The van der Waals surface area contributed by atoms with Crippen LogP contribution in [0.15, 0.2) is 36.4 Å². The fraction of sp³-hybridized carbons (Fsp3) is 0.143. The topological polar surface area (TPSA) is 38.0 Å². The second kappa shape index (κ2) is 4.45. The lowest BCUT2D eigenvalue weighted by Gasteiger charge is -2.09. The van der Waals surface area contributed by atoms with Crippen molar-refractivity contribution in [2.45, 2.75) is 13.8 Å². The molecule has 88 valence electrons. The summed E-state index contributed by atoms with van der Waals surface area (Å²) in [4.78, 5) is 0. The standard InChI is InChI=1S/C14H15FN2/c1-9-5-11(15)8-13(6-9)17-12-3-4-14(16)10(2)7-12/h3-8,17H,16H2,1-2H3. The van der Waals surface area contributed by atoms with Gasteiger partial charge in [0.15, 0.2) is 0 Å². The molecule has 2 aromatic rings. The number of hydrogen-bond acceptors (Lipinski definition) is 2. The minimum absolute atomic E-state index is 0.236. The molecule has 2 aromatic carbocycles. The fourth-order valence-electron chi connectivity index (χ4n) is 1.73. The van der Waals surface area contributed by atoms with Gasteiger partial charge in [0, 0.05) is 17.1 Å². The third-order valence-electron chi connectivity index (χ3n) is 2.60. The Hall–Kier alpha value is -2.03. The SMILES string of the molecule is Cc1cc(F)cc(Nc2ccc(N)c(C)c2)c1. The molecule has 0 aliphatic rings. The van der Waals surface area contributed by atoms with Crippen molar-refractivity contribution < 1.29 is 4.39 Å². The van der Waals surface area contributed by atoms with E-state index in [9.17, 15) is 4.39 Å². The molecule has 3 heteroatoms. The first-order valence-electron chi connectivity index (χ1n) is 5.45. The van der Waals surface area contributed by atoms with Gasteiger partial charge in [0.05, 0.1) is 0 Å². The van der Waals surface area contributed by atoms with Crippen LogP contribution in [0.25, 0.3) is 0 Å². The summed E-state index contributed by atoms with van der Waals surface area (Å²) in [6, 6.07) is 10.5. The van der Waals surface area contributed by atoms with Crippen molar-refractivity contribution >= 4 is 17.1 Å². The molecule has 0 amide bonds. The second-order valence-corrected chi connectivity index (χ2v) is 4.21. The van der Waals surface area contributed by atoms with Crippen molar-refractivity contribution in [2.24, 2.45) is 0 Å². The molecular weight excluding hydrogens is 215 g/mol. The zero-order valence-electron chi connectivity index (χ0n) is 9.92. The largest absolute Gasteiger partial charge is 0.399 e. The molecule has 0 unspecified atom stereocenters. The van der Waals surface area contributed by atoms with Crippen LogP contribution in [0.2, 0.25) is 0 Å². The summed E-state index contributed by atoms with van der Waals surface area (Å²) in [5, 5.41) is 3.16. The molecule has 3 N–H and O–H groups in total. The lowest BCUT2D eigenvalue weighted by molar-refractivity contribution is 0.627. The van der Waals surface area contributed by atoms with Crippen LogP contribution in [0.3, 0.4) is 0 Å². The van der Waals surface area contributed by atoms with Gasteiger partial charge in [0.2, 0.25) is 0 Å². The molecule has 0 radical (unpaired) electrons. The number of aryl methyl sites for hydroxylation is 2. The van der Waals surface area contributed by atoms with Crippen LogP contribution < -0.4 is 11.1 Å². The number of nitrogens with two attached hydrogens (primary N) is 1. The quantitative estimate of drug-likeness (QED) is 0.771. The van der Waals surface area contributed by atoms with Gasteiger partial charge in [-0.2, -0.15) is 0 Å². The van der Waals surface area contributed by atoms with Crippen molar-refractivity contribution in [3.8, 4) is 0 Å². The van der Waals surface area contributed by atoms with Crippen molar-refractivity contribution in [3.05, 3.63) is 53.3 Å². The van der Waals surface area contributed by atoms with Gasteiger partial charge in [-0.1, -0.05) is 0 Å². The van der Waals surface area contributed by atoms with E-state index in [-0.39, 0.29) is 5.82 Å². The van der Waals surface area contributed by atoms with Gasteiger partial charge >= 0.3 is 0 Å². The highest BCUT2D eigenvalue weighted by Crippen LogP contribution is 2.22. The van der Waals surface area contributed by atoms with E-state index in [1.807, 2.05) is 38.1 Å². The summed E-state index contributed by atoms with van der Waals surface area (Å²) in [7, 11) is 0. The third kappa shape index (κ3) is 2.75. The summed E-state index contributed by atoms with van der Waals surface area (Å²) in [6.07, 6.45) is 0. The highest BCUT2D eigenvalue weighted by molar-refractivity contribution is 5.64. The zero-order valence-corrected chi connectivity index (χ0v) is 9.92. The Balaban J connectivity index is 2.28. The molecule has 0 aliphatic carbocycles. The van der Waals surface area contributed by atoms with Gasteiger partial charge in [-0.15, -0.1) is 0 Å². The summed E-state index contributed by atoms with van der Waals surface area (Å²) < 4.78 is 13.2. The molecule has 0 spiro atoms. The maximum absolute atomic E-state index is 13.2. The van der Waals surface area contributed by atoms with Gasteiger partial charge in [-0.25, -0.2) is 4.39 Å². The molecule has 0 heterocycles. The van der Waals surface area contributed by atoms with Crippen LogP contribution in [-0.2, 0) is 0 Å². The van der Waals surface area contributed by atoms with Crippen LogP contribution in [0.4, 0.5) is 21.5 Å². The van der Waals surface area contributed by atoms with Gasteiger partial charge in [0.1, 0.15) is 5.82 Å². The third-order valence-corrected chi connectivity index (χ3v) is 2.60. The number of anilines is 3. The van der Waals surface area contributed by atoms with Crippen LogP contribution >= 0.6 is 0 Å². The van der Waals surface area contributed by atoms with Gasteiger partial charge in [0.25, 0.3) is 0 Å². The maximum atomic E-state index is 13.2. The molecule has 2 rings (SSSR count). The monoisotopic (exact) mass is 230 g/mol. The number of nitrogen functional groups attached to an aromatic ring is 1. The van der Waals surface area contributed by atoms with Crippen molar-refractivity contribution in [1.82, 2.24) is 0 Å². The van der Waals surface area contributed by atoms with Gasteiger partial charge in [-0.3, -0.25) is 0 Å². The molecule has 0 aliphatic heterocycles. The molecule has 0 bridgehead atoms. The van der Waals surface area contributed by atoms with Gasteiger partial charge in [-0.05, 0) is 61.4 Å². The first kappa shape index (κ1) is 11.5. The Bertz CT molecular complexity index is 530. The van der Waals surface area contributed by atoms with E-state index in [2.05, 4.69) is 5.32 Å². The number of benzene rings is 2. The summed E-state index contributed by atoms with van der Waals surface area (Å²) in [5.41, 5.74) is 10.0. The summed E-state index contributed by atoms with van der Waals surface area (Å²) >= 11 is 0.